The maximum atomic E-state index is 11.6. The summed E-state index contributed by atoms with van der Waals surface area (Å²) in [6.45, 7) is 3.72. The maximum Gasteiger partial charge on any atom is 0.222 e. The van der Waals surface area contributed by atoms with Gasteiger partial charge in [-0.1, -0.05) is 30.3 Å². The van der Waals surface area contributed by atoms with Crippen LogP contribution in [0, 0.1) is 0 Å². The number of carbonyl (C=O) groups excluding carboxylic acids is 1. The monoisotopic (exact) mass is 339 g/mol. The molecule has 1 aliphatic heterocycles. The van der Waals surface area contributed by atoms with Gasteiger partial charge in [-0.3, -0.25) is 9.78 Å². The molecule has 1 aromatic carbocycles. The minimum atomic E-state index is -0.542. The van der Waals surface area contributed by atoms with Gasteiger partial charge in [0, 0.05) is 44.5 Å². The molecule has 3 rings (SSSR count). The third-order valence-electron chi connectivity index (χ3n) is 4.67. The summed E-state index contributed by atoms with van der Waals surface area (Å²) >= 11 is 0. The molecule has 1 aliphatic rings. The molecule has 2 N–H and O–H groups in total. The molecule has 1 fully saturated rings. The van der Waals surface area contributed by atoms with Crippen molar-refractivity contribution in [1.29, 1.82) is 0 Å². The molecule has 0 aliphatic carbocycles. The number of aliphatic hydroxyl groups excluding tert-OH is 1. The number of β-amino-alcohol motifs (C(OH)–C–C–N with tert-alkyl or cyclic N) is 1. The van der Waals surface area contributed by atoms with Crippen LogP contribution >= 0.6 is 0 Å². The average Bonchev–Trinajstić information content (AvgIpc) is 3.05. The molecule has 1 aromatic heterocycles. The Balaban J connectivity index is 1.51. The van der Waals surface area contributed by atoms with E-state index in [4.69, 9.17) is 0 Å². The number of carbonyl (C=O) groups is 1. The van der Waals surface area contributed by atoms with Crippen molar-refractivity contribution in [2.45, 2.75) is 31.9 Å². The highest BCUT2D eigenvalue weighted by Crippen LogP contribution is 2.21. The lowest BCUT2D eigenvalue weighted by Crippen LogP contribution is -2.39. The molecular weight excluding hydrogens is 314 g/mol. The van der Waals surface area contributed by atoms with Gasteiger partial charge >= 0.3 is 0 Å². The summed E-state index contributed by atoms with van der Waals surface area (Å²) < 4.78 is 0. The van der Waals surface area contributed by atoms with E-state index in [0.717, 1.165) is 29.7 Å². The van der Waals surface area contributed by atoms with Gasteiger partial charge in [0.2, 0.25) is 5.91 Å². The zero-order valence-electron chi connectivity index (χ0n) is 14.6. The number of hydrogen-bond donors (Lipinski definition) is 2. The molecule has 5 nitrogen and oxygen atoms in total. The van der Waals surface area contributed by atoms with Crippen molar-refractivity contribution in [3.8, 4) is 11.1 Å². The zero-order chi connectivity index (χ0) is 17.6. The second kappa shape index (κ2) is 8.23. The molecule has 0 radical (unpaired) electrons. The fourth-order valence-corrected chi connectivity index (χ4v) is 3.14. The first-order valence-corrected chi connectivity index (χ1v) is 8.83. The van der Waals surface area contributed by atoms with Crippen LogP contribution in [0.3, 0.4) is 0 Å². The topological polar surface area (TPSA) is 65.5 Å². The predicted octanol–water partition coefficient (Wildman–Crippen LogP) is 2.38. The van der Waals surface area contributed by atoms with E-state index in [1.54, 1.807) is 11.1 Å². The van der Waals surface area contributed by atoms with Crippen molar-refractivity contribution in [2.75, 3.05) is 19.6 Å². The molecule has 5 heteroatoms. The molecule has 2 atom stereocenters. The Kier molecular flexibility index (Phi) is 5.79. The molecule has 25 heavy (non-hydrogen) atoms. The van der Waals surface area contributed by atoms with E-state index < -0.39 is 6.10 Å². The molecule has 0 saturated carbocycles. The molecule has 0 bridgehead atoms. The predicted molar refractivity (Wildman–Crippen MR) is 97.9 cm³/mol. The van der Waals surface area contributed by atoms with E-state index in [0.29, 0.717) is 19.5 Å². The summed E-state index contributed by atoms with van der Waals surface area (Å²) in [6.07, 6.45) is 4.59. The lowest BCUT2D eigenvalue weighted by atomic mass is 10.0. The molecule has 2 unspecified atom stereocenters. The molecule has 1 amide bonds. The number of pyridine rings is 1. The molecular formula is C20H25N3O2. The maximum absolute atomic E-state index is 11.6. The molecule has 2 aromatic rings. The first kappa shape index (κ1) is 17.6. The highest BCUT2D eigenvalue weighted by atomic mass is 16.3. The van der Waals surface area contributed by atoms with Gasteiger partial charge in [-0.05, 0) is 36.1 Å². The van der Waals surface area contributed by atoms with Gasteiger partial charge in [0.1, 0.15) is 0 Å². The quantitative estimate of drug-likeness (QED) is 0.813. The molecule has 2 heterocycles. The van der Waals surface area contributed by atoms with E-state index in [1.807, 2.05) is 18.3 Å². The lowest BCUT2D eigenvalue weighted by molar-refractivity contribution is -0.128. The van der Waals surface area contributed by atoms with E-state index in [9.17, 15) is 9.90 Å². The van der Waals surface area contributed by atoms with E-state index in [1.165, 1.54) is 0 Å². The highest BCUT2D eigenvalue weighted by molar-refractivity contribution is 5.78. The lowest BCUT2D eigenvalue weighted by Gasteiger charge is -2.22. The fourth-order valence-electron chi connectivity index (χ4n) is 3.14. The van der Waals surface area contributed by atoms with Gasteiger partial charge in [-0.25, -0.2) is 0 Å². The van der Waals surface area contributed by atoms with Crippen LogP contribution < -0.4 is 5.32 Å². The van der Waals surface area contributed by atoms with Crippen molar-refractivity contribution >= 4 is 5.91 Å². The second-order valence-electron chi connectivity index (χ2n) is 6.59. The third kappa shape index (κ3) is 4.65. The molecule has 1 saturated heterocycles. The summed E-state index contributed by atoms with van der Waals surface area (Å²) in [4.78, 5) is 17.5. The number of aromatic nitrogens is 1. The summed E-state index contributed by atoms with van der Waals surface area (Å²) in [6, 6.07) is 12.5. The third-order valence-corrected chi connectivity index (χ3v) is 4.67. The minimum absolute atomic E-state index is 0.131. The van der Waals surface area contributed by atoms with Crippen LogP contribution in [-0.4, -0.2) is 46.6 Å². The number of benzene rings is 1. The van der Waals surface area contributed by atoms with Crippen molar-refractivity contribution in [2.24, 2.45) is 0 Å². The van der Waals surface area contributed by atoms with Crippen LogP contribution in [-0.2, 0) is 4.79 Å². The number of nitrogens with one attached hydrogen (secondary N) is 1. The smallest absolute Gasteiger partial charge is 0.222 e. The number of likely N-dealkylation sites (tertiary alicyclic amines) is 1. The summed E-state index contributed by atoms with van der Waals surface area (Å²) in [7, 11) is 0. The Morgan fingerprint density at radius 2 is 2.04 bits per heavy atom. The van der Waals surface area contributed by atoms with E-state index in [2.05, 4.69) is 41.5 Å². The van der Waals surface area contributed by atoms with Gasteiger partial charge < -0.3 is 15.3 Å². The number of hydrogen-bond acceptors (Lipinski definition) is 4. The Morgan fingerprint density at radius 1 is 1.24 bits per heavy atom. The Bertz CT molecular complexity index is 688. The average molecular weight is 339 g/mol. The largest absolute Gasteiger partial charge is 0.390 e. The van der Waals surface area contributed by atoms with Crippen LogP contribution in [0.2, 0.25) is 0 Å². The summed E-state index contributed by atoms with van der Waals surface area (Å²) in [5.74, 6) is 0.151. The number of nitrogens with zero attached hydrogens (tertiary/aromatic N) is 2. The van der Waals surface area contributed by atoms with Gasteiger partial charge in [-0.15, -0.1) is 0 Å². The van der Waals surface area contributed by atoms with Crippen LogP contribution in [0.5, 0.6) is 0 Å². The number of rotatable bonds is 7. The SMILES string of the molecule is CC(NCC(O)CN1CCCC1=O)c1ccc(-c2cccnc2)cc1. The van der Waals surface area contributed by atoms with Gasteiger partial charge in [-0.2, -0.15) is 0 Å². The van der Waals surface area contributed by atoms with E-state index in [-0.39, 0.29) is 11.9 Å². The van der Waals surface area contributed by atoms with Gasteiger partial charge in [0.05, 0.1) is 6.10 Å². The van der Waals surface area contributed by atoms with Gasteiger partial charge in [0.25, 0.3) is 0 Å². The van der Waals surface area contributed by atoms with Crippen LogP contribution in [0.15, 0.2) is 48.8 Å². The van der Waals surface area contributed by atoms with Crippen LogP contribution in [0.1, 0.15) is 31.4 Å². The second-order valence-corrected chi connectivity index (χ2v) is 6.59. The normalized spacial score (nSPS) is 16.9. The first-order valence-electron chi connectivity index (χ1n) is 8.83. The first-order chi connectivity index (χ1) is 12.1. The van der Waals surface area contributed by atoms with Crippen molar-refractivity contribution in [3.63, 3.8) is 0 Å². The zero-order valence-corrected chi connectivity index (χ0v) is 14.6. The standard InChI is InChI=1S/C20H25N3O2/c1-15(22-13-19(24)14-23-11-3-5-20(23)25)16-6-8-17(9-7-16)18-4-2-10-21-12-18/h2,4,6-10,12,15,19,22,24H,3,5,11,13-14H2,1H3. The Labute approximate surface area is 148 Å². The molecule has 132 valence electrons. The summed E-state index contributed by atoms with van der Waals surface area (Å²) in [5.41, 5.74) is 3.40. The fraction of sp³-hybridized carbons (Fsp3) is 0.400. The highest BCUT2D eigenvalue weighted by Gasteiger charge is 2.22. The Morgan fingerprint density at radius 3 is 2.68 bits per heavy atom. The van der Waals surface area contributed by atoms with Gasteiger partial charge in [0.15, 0.2) is 0 Å². The Hall–Kier alpha value is -2.24. The summed E-state index contributed by atoms with van der Waals surface area (Å²) in [5, 5.41) is 13.5. The van der Waals surface area contributed by atoms with Crippen molar-refractivity contribution in [1.82, 2.24) is 15.2 Å². The number of amides is 1. The number of aliphatic hydroxyl groups is 1. The van der Waals surface area contributed by atoms with Crippen LogP contribution in [0.4, 0.5) is 0 Å². The van der Waals surface area contributed by atoms with Crippen LogP contribution in [0.25, 0.3) is 11.1 Å². The molecule has 0 spiro atoms. The van der Waals surface area contributed by atoms with Crippen molar-refractivity contribution in [3.05, 3.63) is 54.4 Å². The van der Waals surface area contributed by atoms with E-state index >= 15 is 0 Å². The van der Waals surface area contributed by atoms with Crippen molar-refractivity contribution < 1.29 is 9.90 Å². The minimum Gasteiger partial charge on any atom is -0.390 e.